The molecule has 1 aromatic carbocycles. The van der Waals surface area contributed by atoms with Crippen molar-refractivity contribution >= 4 is 39.9 Å². The van der Waals surface area contributed by atoms with E-state index in [1.54, 1.807) is 23.8 Å². The van der Waals surface area contributed by atoms with Crippen LogP contribution in [0.15, 0.2) is 30.5 Å². The molecule has 3 nitrogen and oxygen atoms in total. The molecule has 6 heteroatoms. The summed E-state index contributed by atoms with van der Waals surface area (Å²) in [6.07, 6.45) is 2.55. The SMILES string of the molecule is Cc1nc2c(ccn2Cc2cccc(F)c2F)c(I)c1C=O. The minimum atomic E-state index is -0.865. The van der Waals surface area contributed by atoms with Gasteiger partial charge in [0.2, 0.25) is 0 Å². The van der Waals surface area contributed by atoms with Crippen molar-refractivity contribution in [2.45, 2.75) is 13.5 Å². The summed E-state index contributed by atoms with van der Waals surface area (Å²) < 4.78 is 29.7. The quantitative estimate of drug-likeness (QED) is 0.480. The number of carbonyl (C=O) groups excluding carboxylic acids is 1. The highest BCUT2D eigenvalue weighted by Crippen LogP contribution is 2.26. The third-order valence-corrected chi connectivity index (χ3v) is 4.72. The van der Waals surface area contributed by atoms with E-state index in [4.69, 9.17) is 0 Å². The molecule has 0 aliphatic carbocycles. The molecule has 0 unspecified atom stereocenters. The smallest absolute Gasteiger partial charge is 0.163 e. The molecule has 2 heterocycles. The second-order valence-electron chi connectivity index (χ2n) is 4.94. The average molecular weight is 412 g/mol. The van der Waals surface area contributed by atoms with Crippen LogP contribution in [0.4, 0.5) is 8.78 Å². The number of carbonyl (C=O) groups is 1. The Balaban J connectivity index is 2.13. The van der Waals surface area contributed by atoms with Crippen molar-refractivity contribution in [3.05, 3.63) is 62.5 Å². The van der Waals surface area contributed by atoms with Crippen LogP contribution in [0.5, 0.6) is 0 Å². The molecule has 3 aromatic rings. The fourth-order valence-electron chi connectivity index (χ4n) is 2.40. The topological polar surface area (TPSA) is 34.9 Å². The summed E-state index contributed by atoms with van der Waals surface area (Å²) in [6.45, 7) is 1.93. The molecule has 0 saturated carbocycles. The number of nitrogens with zero attached hydrogens (tertiary/aromatic N) is 2. The van der Waals surface area contributed by atoms with Crippen molar-refractivity contribution in [1.82, 2.24) is 9.55 Å². The van der Waals surface area contributed by atoms with E-state index >= 15 is 0 Å². The Morgan fingerprint density at radius 2 is 2.09 bits per heavy atom. The number of aldehydes is 1. The van der Waals surface area contributed by atoms with Gasteiger partial charge in [-0.25, -0.2) is 13.8 Å². The van der Waals surface area contributed by atoms with Gasteiger partial charge in [0.1, 0.15) is 5.65 Å². The minimum Gasteiger partial charge on any atom is -0.328 e. The van der Waals surface area contributed by atoms with Crippen LogP contribution >= 0.6 is 22.6 Å². The van der Waals surface area contributed by atoms with Crippen LogP contribution < -0.4 is 0 Å². The molecule has 22 heavy (non-hydrogen) atoms. The molecular formula is C16H11F2IN2O. The molecule has 112 valence electrons. The molecule has 0 amide bonds. The van der Waals surface area contributed by atoms with Gasteiger partial charge in [-0.1, -0.05) is 12.1 Å². The second kappa shape index (κ2) is 5.75. The summed E-state index contributed by atoms with van der Waals surface area (Å²) in [7, 11) is 0. The second-order valence-corrected chi connectivity index (χ2v) is 6.02. The summed E-state index contributed by atoms with van der Waals surface area (Å²) in [5.74, 6) is -1.71. The van der Waals surface area contributed by atoms with E-state index in [2.05, 4.69) is 27.6 Å². The number of pyridine rings is 1. The summed E-state index contributed by atoms with van der Waals surface area (Å²) in [6, 6.07) is 5.94. The lowest BCUT2D eigenvalue weighted by Crippen LogP contribution is -2.05. The first-order chi connectivity index (χ1) is 10.5. The maximum atomic E-state index is 13.8. The number of hydrogen-bond acceptors (Lipinski definition) is 2. The molecule has 0 spiro atoms. The fraction of sp³-hybridized carbons (Fsp3) is 0.125. The van der Waals surface area contributed by atoms with E-state index in [9.17, 15) is 13.6 Å². The molecule has 2 aromatic heterocycles. The highest BCUT2D eigenvalue weighted by molar-refractivity contribution is 14.1. The molecular weight excluding hydrogens is 401 g/mol. The van der Waals surface area contributed by atoms with Gasteiger partial charge in [-0.15, -0.1) is 0 Å². The first-order valence-corrected chi connectivity index (χ1v) is 7.63. The van der Waals surface area contributed by atoms with Crippen molar-refractivity contribution < 1.29 is 13.6 Å². The Morgan fingerprint density at radius 3 is 2.82 bits per heavy atom. The zero-order valence-electron chi connectivity index (χ0n) is 11.6. The van der Waals surface area contributed by atoms with Crippen molar-refractivity contribution in [3.63, 3.8) is 0 Å². The Morgan fingerprint density at radius 1 is 1.32 bits per heavy atom. The predicted octanol–water partition coefficient (Wildman–Crippen LogP) is 4.09. The normalized spacial score (nSPS) is 11.1. The summed E-state index contributed by atoms with van der Waals surface area (Å²) in [4.78, 5) is 15.6. The van der Waals surface area contributed by atoms with E-state index in [-0.39, 0.29) is 12.1 Å². The number of halogens is 3. The highest BCUT2D eigenvalue weighted by Gasteiger charge is 2.15. The van der Waals surface area contributed by atoms with Crippen molar-refractivity contribution in [2.24, 2.45) is 0 Å². The van der Waals surface area contributed by atoms with Gasteiger partial charge in [0.15, 0.2) is 17.9 Å². The van der Waals surface area contributed by atoms with E-state index in [1.165, 1.54) is 6.07 Å². The molecule has 0 aliphatic rings. The van der Waals surface area contributed by atoms with Crippen molar-refractivity contribution in [2.75, 3.05) is 0 Å². The van der Waals surface area contributed by atoms with Gasteiger partial charge in [-0.05, 0) is 41.6 Å². The molecule has 0 fully saturated rings. The van der Waals surface area contributed by atoms with Crippen LogP contribution in [-0.4, -0.2) is 15.8 Å². The Labute approximate surface area is 139 Å². The van der Waals surface area contributed by atoms with Gasteiger partial charge in [0, 0.05) is 26.3 Å². The number of hydrogen-bond donors (Lipinski definition) is 0. The highest BCUT2D eigenvalue weighted by atomic mass is 127. The van der Waals surface area contributed by atoms with E-state index in [1.807, 2.05) is 6.07 Å². The monoisotopic (exact) mass is 412 g/mol. The third-order valence-electron chi connectivity index (χ3n) is 3.56. The van der Waals surface area contributed by atoms with Crippen LogP contribution in [0.1, 0.15) is 21.6 Å². The first kappa shape index (κ1) is 15.1. The van der Waals surface area contributed by atoms with Crippen LogP contribution in [0.25, 0.3) is 11.0 Å². The van der Waals surface area contributed by atoms with Crippen LogP contribution in [0.2, 0.25) is 0 Å². The number of rotatable bonds is 3. The van der Waals surface area contributed by atoms with E-state index in [0.717, 1.165) is 21.3 Å². The summed E-state index contributed by atoms with van der Waals surface area (Å²) in [5.41, 5.74) is 2.08. The van der Waals surface area contributed by atoms with Crippen molar-refractivity contribution in [3.8, 4) is 0 Å². The Kier molecular flexibility index (Phi) is 3.94. The number of aromatic nitrogens is 2. The summed E-state index contributed by atoms with van der Waals surface area (Å²) in [5, 5.41) is 0.824. The average Bonchev–Trinajstić information content (AvgIpc) is 2.87. The van der Waals surface area contributed by atoms with Crippen LogP contribution in [0.3, 0.4) is 0 Å². The van der Waals surface area contributed by atoms with Gasteiger partial charge >= 0.3 is 0 Å². The molecule has 0 N–H and O–H groups in total. The Hall–Kier alpha value is -1.83. The van der Waals surface area contributed by atoms with Crippen molar-refractivity contribution in [1.29, 1.82) is 0 Å². The van der Waals surface area contributed by atoms with Crippen LogP contribution in [-0.2, 0) is 6.54 Å². The van der Waals surface area contributed by atoms with Gasteiger partial charge < -0.3 is 4.57 Å². The van der Waals surface area contributed by atoms with E-state index < -0.39 is 11.6 Å². The predicted molar refractivity (Wildman–Crippen MR) is 88.0 cm³/mol. The number of fused-ring (bicyclic) bond motifs is 1. The largest absolute Gasteiger partial charge is 0.328 e. The van der Waals surface area contributed by atoms with Crippen LogP contribution in [0, 0.1) is 22.1 Å². The maximum Gasteiger partial charge on any atom is 0.163 e. The summed E-state index contributed by atoms with van der Waals surface area (Å²) >= 11 is 2.10. The standard InChI is InChI=1S/C16H11F2IN2O/c1-9-12(8-22)15(19)11-5-6-21(16(11)20-9)7-10-3-2-4-13(17)14(10)18/h2-6,8H,7H2,1H3. The maximum absolute atomic E-state index is 13.8. The van der Waals surface area contributed by atoms with Gasteiger partial charge in [-0.2, -0.15) is 0 Å². The molecule has 3 rings (SSSR count). The number of aryl methyl sites for hydroxylation is 1. The zero-order chi connectivity index (χ0) is 15.9. The molecule has 0 bridgehead atoms. The molecule has 0 aliphatic heterocycles. The molecule has 0 saturated heterocycles. The zero-order valence-corrected chi connectivity index (χ0v) is 13.8. The lowest BCUT2D eigenvalue weighted by atomic mass is 10.2. The molecule has 0 atom stereocenters. The number of benzene rings is 1. The molecule has 0 radical (unpaired) electrons. The van der Waals surface area contributed by atoms with Gasteiger partial charge in [0.05, 0.1) is 12.2 Å². The lowest BCUT2D eigenvalue weighted by molar-refractivity contribution is 0.112. The van der Waals surface area contributed by atoms with Gasteiger partial charge in [-0.3, -0.25) is 4.79 Å². The van der Waals surface area contributed by atoms with E-state index in [0.29, 0.717) is 16.9 Å². The Bertz CT molecular complexity index is 889. The fourth-order valence-corrected chi connectivity index (χ4v) is 3.34. The minimum absolute atomic E-state index is 0.177. The first-order valence-electron chi connectivity index (χ1n) is 6.56. The van der Waals surface area contributed by atoms with Gasteiger partial charge in [0.25, 0.3) is 0 Å². The lowest BCUT2D eigenvalue weighted by Gasteiger charge is -2.09. The third kappa shape index (κ3) is 2.41.